The van der Waals surface area contributed by atoms with Gasteiger partial charge in [-0.3, -0.25) is 9.59 Å². The summed E-state index contributed by atoms with van der Waals surface area (Å²) in [5.74, 6) is -0.515. The molecule has 0 bridgehead atoms. The molecule has 0 spiro atoms. The van der Waals surface area contributed by atoms with Crippen LogP contribution < -0.4 is 5.32 Å². The Morgan fingerprint density at radius 1 is 1.12 bits per heavy atom. The number of esters is 1. The van der Waals surface area contributed by atoms with Crippen molar-refractivity contribution in [3.05, 3.63) is 83.2 Å². The Morgan fingerprint density at radius 2 is 1.85 bits per heavy atom. The Kier molecular flexibility index (Phi) is 7.06. The predicted molar refractivity (Wildman–Crippen MR) is 127 cm³/mol. The molecule has 0 radical (unpaired) electrons. The average molecular weight is 461 g/mol. The molecular formula is C26H28N4O4. The Bertz CT molecular complexity index is 1170. The van der Waals surface area contributed by atoms with E-state index in [0.717, 1.165) is 17.7 Å². The summed E-state index contributed by atoms with van der Waals surface area (Å²) in [6.07, 6.45) is 2.89. The van der Waals surface area contributed by atoms with E-state index in [4.69, 9.17) is 4.74 Å². The first-order valence-electron chi connectivity index (χ1n) is 11.4. The molecule has 2 amide bonds. The van der Waals surface area contributed by atoms with E-state index in [-0.39, 0.29) is 17.9 Å². The first kappa shape index (κ1) is 23.2. The van der Waals surface area contributed by atoms with E-state index >= 15 is 0 Å². The number of hydrogen-bond donors (Lipinski definition) is 1. The molecule has 0 aliphatic carbocycles. The monoisotopic (exact) mass is 460 g/mol. The summed E-state index contributed by atoms with van der Waals surface area (Å²) in [5.41, 5.74) is 3.24. The fourth-order valence-corrected chi connectivity index (χ4v) is 4.11. The summed E-state index contributed by atoms with van der Waals surface area (Å²) < 4.78 is 6.70. The molecule has 1 aliphatic heterocycles. The lowest BCUT2D eigenvalue weighted by atomic mass is 10.1. The number of aromatic nitrogens is 2. The highest BCUT2D eigenvalue weighted by Crippen LogP contribution is 2.20. The maximum Gasteiger partial charge on any atom is 0.341 e. The third-order valence-corrected chi connectivity index (χ3v) is 5.96. The number of hydrogen-bond acceptors (Lipinski definition) is 5. The lowest BCUT2D eigenvalue weighted by molar-refractivity contribution is -0.128. The maximum atomic E-state index is 13.1. The summed E-state index contributed by atoms with van der Waals surface area (Å²) in [7, 11) is 0. The van der Waals surface area contributed by atoms with E-state index in [1.165, 1.54) is 6.20 Å². The van der Waals surface area contributed by atoms with Crippen molar-refractivity contribution in [3.63, 3.8) is 0 Å². The molecule has 176 valence electrons. The number of nitrogens with zero attached hydrogens (tertiary/aromatic N) is 3. The molecule has 4 rings (SSSR count). The average Bonchev–Trinajstić information content (AvgIpc) is 3.44. The van der Waals surface area contributed by atoms with Crippen molar-refractivity contribution in [1.29, 1.82) is 0 Å². The van der Waals surface area contributed by atoms with Gasteiger partial charge < -0.3 is 15.0 Å². The van der Waals surface area contributed by atoms with Gasteiger partial charge in [0.15, 0.2) is 0 Å². The molecule has 3 aromatic rings. The molecule has 1 atom stereocenters. The highest BCUT2D eigenvalue weighted by molar-refractivity contribution is 5.94. The topological polar surface area (TPSA) is 93.5 Å². The first-order valence-corrected chi connectivity index (χ1v) is 11.4. The zero-order chi connectivity index (χ0) is 24.1. The van der Waals surface area contributed by atoms with E-state index in [0.29, 0.717) is 42.9 Å². The van der Waals surface area contributed by atoms with Crippen molar-refractivity contribution in [2.24, 2.45) is 0 Å². The molecule has 1 saturated heterocycles. The van der Waals surface area contributed by atoms with Crippen molar-refractivity contribution >= 4 is 17.8 Å². The van der Waals surface area contributed by atoms with E-state index in [1.54, 1.807) is 42.8 Å². The molecule has 34 heavy (non-hydrogen) atoms. The summed E-state index contributed by atoms with van der Waals surface area (Å²) in [4.78, 5) is 39.1. The normalized spacial score (nSPS) is 14.2. The van der Waals surface area contributed by atoms with E-state index in [1.807, 2.05) is 35.2 Å². The first-order chi connectivity index (χ1) is 16.5. The van der Waals surface area contributed by atoms with Crippen LogP contribution in [0.15, 0.2) is 60.8 Å². The van der Waals surface area contributed by atoms with Gasteiger partial charge in [-0.25, -0.2) is 9.48 Å². The quantitative estimate of drug-likeness (QED) is 0.520. The van der Waals surface area contributed by atoms with Crippen LogP contribution in [0.1, 0.15) is 57.8 Å². The van der Waals surface area contributed by atoms with Gasteiger partial charge in [0.25, 0.3) is 5.91 Å². The molecule has 1 fully saturated rings. The fourth-order valence-electron chi connectivity index (χ4n) is 4.11. The predicted octanol–water partition coefficient (Wildman–Crippen LogP) is 3.45. The van der Waals surface area contributed by atoms with Gasteiger partial charge in [-0.1, -0.05) is 30.3 Å². The molecule has 1 aromatic heterocycles. The molecule has 1 unspecified atom stereocenters. The van der Waals surface area contributed by atoms with Crippen LogP contribution in [0, 0.1) is 6.92 Å². The SMILES string of the molecule is CCOC(=O)c1cnn(-c2ccc(C(=O)NC(CN3CCCC3=O)c3ccccc3)cc2)c1C. The highest BCUT2D eigenvalue weighted by Gasteiger charge is 2.25. The van der Waals surface area contributed by atoms with Crippen molar-refractivity contribution < 1.29 is 19.1 Å². The largest absolute Gasteiger partial charge is 0.462 e. The summed E-state index contributed by atoms with van der Waals surface area (Å²) in [6.45, 7) is 5.00. The smallest absolute Gasteiger partial charge is 0.341 e. The van der Waals surface area contributed by atoms with Crippen LogP contribution in [0.4, 0.5) is 0 Å². The van der Waals surface area contributed by atoms with Crippen molar-refractivity contribution in [2.45, 2.75) is 32.7 Å². The van der Waals surface area contributed by atoms with Crippen molar-refractivity contribution in [1.82, 2.24) is 20.0 Å². The Balaban J connectivity index is 1.50. The van der Waals surface area contributed by atoms with Gasteiger partial charge in [-0.15, -0.1) is 0 Å². The van der Waals surface area contributed by atoms with Crippen LogP contribution in [0.3, 0.4) is 0 Å². The van der Waals surface area contributed by atoms with Gasteiger partial charge in [0, 0.05) is 25.1 Å². The molecule has 2 heterocycles. The van der Waals surface area contributed by atoms with Crippen LogP contribution in [0.5, 0.6) is 0 Å². The van der Waals surface area contributed by atoms with Gasteiger partial charge in [-0.2, -0.15) is 5.10 Å². The minimum absolute atomic E-state index is 0.122. The highest BCUT2D eigenvalue weighted by atomic mass is 16.5. The van der Waals surface area contributed by atoms with Crippen molar-refractivity contribution in [3.8, 4) is 5.69 Å². The molecule has 0 saturated carbocycles. The van der Waals surface area contributed by atoms with Gasteiger partial charge in [0.2, 0.25) is 5.91 Å². The Hall–Kier alpha value is -3.94. The number of carbonyl (C=O) groups is 3. The Labute approximate surface area is 198 Å². The molecular weight excluding hydrogens is 432 g/mol. The van der Waals surface area contributed by atoms with Crippen LogP contribution in [-0.4, -0.2) is 52.2 Å². The lowest BCUT2D eigenvalue weighted by Gasteiger charge is -2.25. The number of amides is 2. The van der Waals surface area contributed by atoms with Crippen LogP contribution in [0.2, 0.25) is 0 Å². The van der Waals surface area contributed by atoms with E-state index in [2.05, 4.69) is 10.4 Å². The van der Waals surface area contributed by atoms with Crippen LogP contribution >= 0.6 is 0 Å². The number of carbonyl (C=O) groups excluding carboxylic acids is 3. The van der Waals surface area contributed by atoms with E-state index in [9.17, 15) is 14.4 Å². The second kappa shape index (κ2) is 10.3. The minimum atomic E-state index is -0.411. The van der Waals surface area contributed by atoms with Gasteiger partial charge in [0.05, 0.1) is 30.2 Å². The number of nitrogens with one attached hydrogen (secondary N) is 1. The number of likely N-dealkylation sites (tertiary alicyclic amines) is 1. The van der Waals surface area contributed by atoms with Gasteiger partial charge in [-0.05, 0) is 50.1 Å². The van der Waals surface area contributed by atoms with E-state index < -0.39 is 5.97 Å². The molecule has 8 heteroatoms. The summed E-state index contributed by atoms with van der Waals surface area (Å²) in [5, 5.41) is 7.38. The molecule has 1 aliphatic rings. The maximum absolute atomic E-state index is 13.1. The Morgan fingerprint density at radius 3 is 2.50 bits per heavy atom. The lowest BCUT2D eigenvalue weighted by Crippen LogP contribution is -2.38. The second-order valence-corrected chi connectivity index (χ2v) is 8.20. The second-order valence-electron chi connectivity index (χ2n) is 8.20. The number of rotatable bonds is 8. The standard InChI is InChI=1S/C26H28N4O4/c1-3-34-26(33)22-16-27-30(18(22)2)21-13-11-20(12-14-21)25(32)28-23(19-8-5-4-6-9-19)17-29-15-7-10-24(29)31/h4-6,8-9,11-14,16,23H,3,7,10,15,17H2,1-2H3,(H,28,32). The van der Waals surface area contributed by atoms with Gasteiger partial charge >= 0.3 is 5.97 Å². The molecule has 8 nitrogen and oxygen atoms in total. The van der Waals surface area contributed by atoms with Crippen LogP contribution in [0.25, 0.3) is 5.69 Å². The summed E-state index contributed by atoms with van der Waals surface area (Å²) in [6, 6.07) is 16.4. The zero-order valence-corrected chi connectivity index (χ0v) is 19.4. The zero-order valence-electron chi connectivity index (χ0n) is 19.4. The van der Waals surface area contributed by atoms with Crippen molar-refractivity contribution in [2.75, 3.05) is 19.7 Å². The minimum Gasteiger partial charge on any atom is -0.462 e. The molecule has 1 N–H and O–H groups in total. The van der Waals surface area contributed by atoms with Gasteiger partial charge in [0.1, 0.15) is 5.56 Å². The molecule has 2 aromatic carbocycles. The third-order valence-electron chi connectivity index (χ3n) is 5.96. The number of benzene rings is 2. The fraction of sp³-hybridized carbons (Fsp3) is 0.308. The third kappa shape index (κ3) is 5.01. The summed E-state index contributed by atoms with van der Waals surface area (Å²) >= 11 is 0. The van der Waals surface area contributed by atoms with Crippen LogP contribution in [-0.2, 0) is 9.53 Å². The number of ether oxygens (including phenoxy) is 1.